The van der Waals surface area contributed by atoms with E-state index in [-0.39, 0.29) is 24.8 Å². The first kappa shape index (κ1) is 31.4. The van der Waals surface area contributed by atoms with Crippen molar-refractivity contribution in [2.45, 2.75) is 78.3 Å². The van der Waals surface area contributed by atoms with Gasteiger partial charge >= 0.3 is 53.4 Å². The zero-order valence-corrected chi connectivity index (χ0v) is 27.3. The van der Waals surface area contributed by atoms with Gasteiger partial charge in [0.2, 0.25) is 0 Å². The zero-order chi connectivity index (χ0) is 22.9. The fourth-order valence-electron chi connectivity index (χ4n) is 4.55. The van der Waals surface area contributed by atoms with Crippen molar-refractivity contribution < 1.29 is 47.8 Å². The Balaban J connectivity index is 0.000000263. The van der Waals surface area contributed by atoms with Crippen molar-refractivity contribution in [1.29, 1.82) is 0 Å². The molecule has 4 heteroatoms. The molecular formula is C30H38Cl2HfSi-2. The van der Waals surface area contributed by atoms with Crippen LogP contribution in [0.2, 0.25) is 12.1 Å². The van der Waals surface area contributed by atoms with Gasteiger partial charge in [-0.2, -0.15) is 12.1 Å². The van der Waals surface area contributed by atoms with Gasteiger partial charge in [0.1, 0.15) is 0 Å². The summed E-state index contributed by atoms with van der Waals surface area (Å²) >= 11 is 1.55. The Morgan fingerprint density at radius 2 is 1.09 bits per heavy atom. The van der Waals surface area contributed by atoms with E-state index in [0.29, 0.717) is 5.49 Å². The molecule has 0 radical (unpaired) electrons. The standard InChI is InChI=1S/2C13H15.C4H8Si.2ClH.Hf/c2*1-3-10-8-12-7-5-6-11(4-2)13(12)9-10;1-2-4-5-3-1;;;/h2*5-9H,3-4H2,1-2H3;1-4H2;2*1H;/q2*-1;;;;+2/p-2. The third kappa shape index (κ3) is 8.47. The molecule has 0 amide bonds. The summed E-state index contributed by atoms with van der Waals surface area (Å²) in [5.74, 6) is 0. The summed E-state index contributed by atoms with van der Waals surface area (Å²) in [5, 5.41) is 5.69. The van der Waals surface area contributed by atoms with Gasteiger partial charge in [0.25, 0.3) is 0 Å². The van der Waals surface area contributed by atoms with Crippen LogP contribution in [0.3, 0.4) is 0 Å². The van der Waals surface area contributed by atoms with E-state index in [4.69, 9.17) is 0 Å². The van der Waals surface area contributed by atoms with Gasteiger partial charge in [-0.15, -0.1) is 69.1 Å². The van der Waals surface area contributed by atoms with Crippen LogP contribution in [0.4, 0.5) is 0 Å². The second kappa shape index (κ2) is 16.1. The van der Waals surface area contributed by atoms with Crippen LogP contribution in [-0.2, 0) is 48.7 Å². The minimum atomic E-state index is 0. The quantitative estimate of drug-likeness (QED) is 0.231. The summed E-state index contributed by atoms with van der Waals surface area (Å²) in [6.07, 6.45) is 7.67. The fraction of sp³-hybridized carbons (Fsp3) is 0.400. The molecule has 0 bridgehead atoms. The average Bonchev–Trinajstić information content (AvgIpc) is 3.57. The maximum atomic E-state index is 2.33. The molecule has 5 rings (SSSR count). The molecule has 0 atom stereocenters. The predicted octanol–water partition coefficient (Wildman–Crippen LogP) is 2.69. The first-order valence-corrected chi connectivity index (χ1v) is 19.8. The number of rotatable bonds is 4. The normalized spacial score (nSPS) is 12.4. The number of hydrogen-bond donors (Lipinski definition) is 0. The Morgan fingerprint density at radius 1 is 0.676 bits per heavy atom. The molecule has 1 aliphatic rings. The molecule has 1 fully saturated rings. The van der Waals surface area contributed by atoms with Crippen LogP contribution >= 0.6 is 0 Å². The van der Waals surface area contributed by atoms with Gasteiger partial charge in [-0.3, -0.25) is 0 Å². The molecule has 0 aromatic heterocycles. The van der Waals surface area contributed by atoms with Gasteiger partial charge in [-0.1, -0.05) is 51.0 Å². The molecule has 4 aromatic rings. The first-order valence-electron chi connectivity index (χ1n) is 12.5. The zero-order valence-electron chi connectivity index (χ0n) is 21.2. The maximum absolute atomic E-state index is 2.33. The van der Waals surface area contributed by atoms with Crippen LogP contribution in [0.1, 0.15) is 62.8 Å². The van der Waals surface area contributed by atoms with Crippen molar-refractivity contribution in [3.05, 3.63) is 82.9 Å². The van der Waals surface area contributed by atoms with E-state index in [1.165, 1.54) is 43.8 Å². The van der Waals surface area contributed by atoms with Gasteiger partial charge in [-0.05, 0) is 25.7 Å². The molecular weight excluding hydrogens is 638 g/mol. The van der Waals surface area contributed by atoms with Gasteiger partial charge in [0.05, 0.1) is 0 Å². The van der Waals surface area contributed by atoms with Crippen molar-refractivity contribution in [2.75, 3.05) is 0 Å². The monoisotopic (exact) mass is 676 g/mol. The molecule has 1 aliphatic heterocycles. The molecule has 0 aliphatic carbocycles. The van der Waals surface area contributed by atoms with E-state index in [1.54, 1.807) is 47.9 Å². The Morgan fingerprint density at radius 3 is 1.38 bits per heavy atom. The Hall–Kier alpha value is -0.673. The summed E-state index contributed by atoms with van der Waals surface area (Å²) in [7, 11) is 0. The summed E-state index contributed by atoms with van der Waals surface area (Å²) < 4.78 is 0. The van der Waals surface area contributed by atoms with E-state index >= 15 is 0 Å². The number of halogens is 2. The Labute approximate surface area is 234 Å². The summed E-state index contributed by atoms with van der Waals surface area (Å²) in [5.41, 5.74) is 6.23. The second-order valence-corrected chi connectivity index (χ2v) is 18.6. The molecule has 0 unspecified atom stereocenters. The minimum absolute atomic E-state index is 0. The molecule has 0 N–H and O–H groups in total. The third-order valence-corrected chi connectivity index (χ3v) is 13.9. The van der Waals surface area contributed by atoms with Gasteiger partial charge in [0.15, 0.2) is 0 Å². The SMILES string of the molecule is CCc1cc2c(CC)cccc2[cH-]1.CCc1cc2c(CC)cccc2[cH-]1.[Cl-].[Cl-].[Hf+2]=[Si]1CCCC1. The Kier molecular flexibility index (Phi) is 14.9. The van der Waals surface area contributed by atoms with Crippen LogP contribution in [0.25, 0.3) is 21.5 Å². The van der Waals surface area contributed by atoms with Crippen molar-refractivity contribution >= 4 is 27.0 Å². The molecule has 182 valence electrons. The molecule has 4 aromatic carbocycles. The summed E-state index contributed by atoms with van der Waals surface area (Å²) in [6, 6.07) is 25.7. The van der Waals surface area contributed by atoms with E-state index in [0.717, 1.165) is 25.7 Å². The molecule has 1 heterocycles. The van der Waals surface area contributed by atoms with Crippen LogP contribution in [0, 0.1) is 0 Å². The van der Waals surface area contributed by atoms with Gasteiger partial charge < -0.3 is 24.8 Å². The van der Waals surface area contributed by atoms with Gasteiger partial charge in [-0.25, -0.2) is 0 Å². The topological polar surface area (TPSA) is 0 Å². The molecule has 0 nitrogen and oxygen atoms in total. The third-order valence-electron chi connectivity index (χ3n) is 6.59. The number of fused-ring (bicyclic) bond motifs is 2. The van der Waals surface area contributed by atoms with E-state index in [9.17, 15) is 0 Å². The van der Waals surface area contributed by atoms with Gasteiger partial charge in [0, 0.05) is 0 Å². The molecule has 0 saturated carbocycles. The first-order chi connectivity index (χ1) is 15.6. The average molecular weight is 676 g/mol. The van der Waals surface area contributed by atoms with E-state index in [2.05, 4.69) is 88.4 Å². The van der Waals surface area contributed by atoms with Crippen molar-refractivity contribution in [3.8, 4) is 0 Å². The second-order valence-electron chi connectivity index (χ2n) is 8.79. The van der Waals surface area contributed by atoms with Crippen molar-refractivity contribution in [3.63, 3.8) is 0 Å². The number of aryl methyl sites for hydroxylation is 4. The predicted molar refractivity (Wildman–Crippen MR) is 141 cm³/mol. The molecule has 0 spiro atoms. The van der Waals surface area contributed by atoms with Crippen LogP contribution in [0.5, 0.6) is 0 Å². The number of hydrogen-bond acceptors (Lipinski definition) is 0. The van der Waals surface area contributed by atoms with Crippen LogP contribution in [-0.4, -0.2) is 5.49 Å². The van der Waals surface area contributed by atoms with Crippen LogP contribution < -0.4 is 24.8 Å². The fourth-order valence-corrected chi connectivity index (χ4v) is 9.96. The summed E-state index contributed by atoms with van der Waals surface area (Å²) in [4.78, 5) is 0. The van der Waals surface area contributed by atoms with Crippen molar-refractivity contribution in [2.24, 2.45) is 0 Å². The Bertz CT molecular complexity index is 1070. The molecule has 1 saturated heterocycles. The van der Waals surface area contributed by atoms with Crippen LogP contribution in [0.15, 0.2) is 60.7 Å². The van der Waals surface area contributed by atoms with E-state index in [1.807, 2.05) is 0 Å². The summed E-state index contributed by atoms with van der Waals surface area (Å²) in [6.45, 7) is 8.85. The molecule has 34 heavy (non-hydrogen) atoms. The number of benzene rings is 2. The van der Waals surface area contributed by atoms with E-state index < -0.39 is 0 Å². The van der Waals surface area contributed by atoms with Crippen molar-refractivity contribution in [1.82, 2.24) is 0 Å².